The average Bonchev–Trinajstić information content (AvgIpc) is 2.19. The highest BCUT2D eigenvalue weighted by molar-refractivity contribution is 5.79. The number of aromatic nitrogens is 1. The Bertz CT molecular complexity index is 470. The molecule has 5 N–H and O–H groups in total. The van der Waals surface area contributed by atoms with Crippen LogP contribution in [0, 0.1) is 19.3 Å². The van der Waals surface area contributed by atoms with Gasteiger partial charge < -0.3 is 16.8 Å². The molecule has 108 valence electrons. The molecule has 0 aliphatic carbocycles. The van der Waals surface area contributed by atoms with E-state index in [1.165, 1.54) is 0 Å². The second-order valence-electron chi connectivity index (χ2n) is 7.24. The first kappa shape index (κ1) is 15.6. The van der Waals surface area contributed by atoms with Crippen LogP contribution in [-0.4, -0.2) is 10.5 Å². The number of aryl methyl sites for hydroxylation is 1. The van der Waals surface area contributed by atoms with E-state index in [1.54, 1.807) is 0 Å². The number of nitrogen functional groups attached to an aromatic ring is 2. The van der Waals surface area contributed by atoms with Gasteiger partial charge in [-0.05, 0) is 45.1 Å². The van der Waals surface area contributed by atoms with Gasteiger partial charge in [-0.1, -0.05) is 20.8 Å². The minimum absolute atomic E-state index is 0.0898. The van der Waals surface area contributed by atoms with E-state index in [2.05, 4.69) is 44.9 Å². The predicted molar refractivity (Wildman–Crippen MR) is 84.3 cm³/mol. The molecule has 1 heterocycles. The van der Waals surface area contributed by atoms with E-state index in [9.17, 15) is 0 Å². The van der Waals surface area contributed by atoms with Gasteiger partial charge >= 0.3 is 0 Å². The third-order valence-corrected chi connectivity index (χ3v) is 3.20. The summed E-state index contributed by atoms with van der Waals surface area (Å²) < 4.78 is 0. The lowest BCUT2D eigenvalue weighted by molar-refractivity contribution is 0.302. The van der Waals surface area contributed by atoms with Crippen molar-refractivity contribution in [3.05, 3.63) is 11.3 Å². The van der Waals surface area contributed by atoms with Crippen LogP contribution in [0.1, 0.15) is 52.3 Å². The van der Waals surface area contributed by atoms with Gasteiger partial charge in [-0.25, -0.2) is 4.98 Å². The van der Waals surface area contributed by atoms with Crippen LogP contribution in [0.2, 0.25) is 0 Å². The lowest BCUT2D eigenvalue weighted by Gasteiger charge is -2.34. The fourth-order valence-corrected chi connectivity index (χ4v) is 2.62. The van der Waals surface area contributed by atoms with Crippen molar-refractivity contribution in [2.24, 2.45) is 5.41 Å². The second kappa shape index (κ2) is 4.91. The summed E-state index contributed by atoms with van der Waals surface area (Å²) >= 11 is 0. The highest BCUT2D eigenvalue weighted by atomic mass is 15.1. The fourth-order valence-electron chi connectivity index (χ4n) is 2.62. The predicted octanol–water partition coefficient (Wildman–Crippen LogP) is 3.49. The molecule has 4 nitrogen and oxygen atoms in total. The van der Waals surface area contributed by atoms with Gasteiger partial charge in [0.05, 0.1) is 11.4 Å². The van der Waals surface area contributed by atoms with Crippen LogP contribution in [0.15, 0.2) is 0 Å². The molecular formula is C15H28N4. The van der Waals surface area contributed by atoms with Gasteiger partial charge in [0.25, 0.3) is 0 Å². The molecule has 0 aromatic carbocycles. The van der Waals surface area contributed by atoms with Gasteiger partial charge in [0, 0.05) is 11.2 Å². The molecule has 4 heteroatoms. The van der Waals surface area contributed by atoms with Gasteiger partial charge in [0.15, 0.2) is 5.82 Å². The lowest BCUT2D eigenvalue weighted by atomic mass is 9.82. The number of nitrogens with two attached hydrogens (primary N) is 2. The van der Waals surface area contributed by atoms with Crippen LogP contribution >= 0.6 is 0 Å². The standard InChI is InChI=1S/C15H28N4/c1-9-10(2)18-13(12(17)11(9)16)19-15(6,7)8-14(3,4)5/h8,17H2,1-7H3,(H3,16,18,19). The molecular weight excluding hydrogens is 236 g/mol. The van der Waals surface area contributed by atoms with Crippen LogP contribution in [0.5, 0.6) is 0 Å². The number of hydrogen-bond acceptors (Lipinski definition) is 4. The summed E-state index contributed by atoms with van der Waals surface area (Å²) in [6.45, 7) is 14.9. The molecule has 0 aliphatic rings. The van der Waals surface area contributed by atoms with Crippen LogP contribution in [-0.2, 0) is 0 Å². The highest BCUT2D eigenvalue weighted by Gasteiger charge is 2.26. The fraction of sp³-hybridized carbons (Fsp3) is 0.667. The van der Waals surface area contributed by atoms with Gasteiger partial charge in [0.1, 0.15) is 0 Å². The zero-order valence-corrected chi connectivity index (χ0v) is 13.3. The Balaban J connectivity index is 3.06. The molecule has 1 rings (SSSR count). The van der Waals surface area contributed by atoms with E-state index >= 15 is 0 Å². The molecule has 1 aromatic rings. The number of pyridine rings is 1. The molecule has 19 heavy (non-hydrogen) atoms. The number of nitrogens with zero attached hydrogens (tertiary/aromatic N) is 1. The molecule has 0 radical (unpaired) electrons. The van der Waals surface area contributed by atoms with Crippen LogP contribution in [0.25, 0.3) is 0 Å². The van der Waals surface area contributed by atoms with Crippen LogP contribution in [0.4, 0.5) is 17.2 Å². The highest BCUT2D eigenvalue weighted by Crippen LogP contribution is 2.33. The summed E-state index contributed by atoms with van der Waals surface area (Å²) in [6, 6.07) is 0. The zero-order valence-electron chi connectivity index (χ0n) is 13.3. The van der Waals surface area contributed by atoms with E-state index in [0.29, 0.717) is 17.2 Å². The quantitative estimate of drug-likeness (QED) is 0.781. The SMILES string of the molecule is Cc1nc(NC(C)(C)CC(C)(C)C)c(N)c(N)c1C. The van der Waals surface area contributed by atoms with Gasteiger partial charge in [-0.3, -0.25) is 0 Å². The number of rotatable bonds is 3. The van der Waals surface area contributed by atoms with Crippen molar-refractivity contribution in [3.8, 4) is 0 Å². The Morgan fingerprint density at radius 1 is 1.00 bits per heavy atom. The normalized spacial score (nSPS) is 12.6. The third-order valence-electron chi connectivity index (χ3n) is 3.20. The molecule has 0 atom stereocenters. The molecule has 0 saturated carbocycles. The van der Waals surface area contributed by atoms with Crippen molar-refractivity contribution < 1.29 is 0 Å². The number of anilines is 3. The average molecular weight is 264 g/mol. The Morgan fingerprint density at radius 3 is 2.00 bits per heavy atom. The molecule has 0 amide bonds. The maximum Gasteiger partial charge on any atom is 0.152 e. The van der Waals surface area contributed by atoms with Crippen molar-refractivity contribution in [2.45, 2.75) is 60.4 Å². The van der Waals surface area contributed by atoms with Crippen LogP contribution < -0.4 is 16.8 Å². The Morgan fingerprint density at radius 2 is 1.53 bits per heavy atom. The summed E-state index contributed by atoms with van der Waals surface area (Å²) in [5.41, 5.74) is 15.3. The molecule has 0 saturated heterocycles. The van der Waals surface area contributed by atoms with Crippen molar-refractivity contribution in [3.63, 3.8) is 0 Å². The number of nitrogens with one attached hydrogen (secondary N) is 1. The molecule has 1 aromatic heterocycles. The first-order valence-corrected chi connectivity index (χ1v) is 6.73. The van der Waals surface area contributed by atoms with Crippen molar-refractivity contribution in [1.29, 1.82) is 0 Å². The molecule has 0 fully saturated rings. The smallest absolute Gasteiger partial charge is 0.152 e. The van der Waals surface area contributed by atoms with Gasteiger partial charge in [0.2, 0.25) is 0 Å². The van der Waals surface area contributed by atoms with Crippen molar-refractivity contribution in [1.82, 2.24) is 4.98 Å². The van der Waals surface area contributed by atoms with E-state index in [4.69, 9.17) is 11.5 Å². The monoisotopic (exact) mass is 264 g/mol. The summed E-state index contributed by atoms with van der Waals surface area (Å²) in [7, 11) is 0. The maximum atomic E-state index is 6.07. The minimum atomic E-state index is -0.0898. The van der Waals surface area contributed by atoms with E-state index in [-0.39, 0.29) is 11.0 Å². The summed E-state index contributed by atoms with van der Waals surface area (Å²) in [5.74, 6) is 0.690. The third kappa shape index (κ3) is 4.01. The molecule has 0 spiro atoms. The Hall–Kier alpha value is -1.45. The molecule has 0 aliphatic heterocycles. The Labute approximate surface area is 117 Å². The first-order valence-electron chi connectivity index (χ1n) is 6.73. The van der Waals surface area contributed by atoms with E-state index in [1.807, 2.05) is 13.8 Å². The molecule has 0 unspecified atom stereocenters. The van der Waals surface area contributed by atoms with E-state index < -0.39 is 0 Å². The minimum Gasteiger partial charge on any atom is -0.397 e. The van der Waals surface area contributed by atoms with E-state index in [0.717, 1.165) is 17.7 Å². The lowest BCUT2D eigenvalue weighted by Crippen LogP contribution is -2.36. The van der Waals surface area contributed by atoms with Gasteiger partial charge in [-0.15, -0.1) is 0 Å². The van der Waals surface area contributed by atoms with Crippen molar-refractivity contribution in [2.75, 3.05) is 16.8 Å². The first-order chi connectivity index (χ1) is 8.43. The maximum absolute atomic E-state index is 6.07. The Kier molecular flexibility index (Phi) is 4.03. The summed E-state index contributed by atoms with van der Waals surface area (Å²) in [5, 5.41) is 3.44. The zero-order chi connectivity index (χ0) is 15.0. The summed E-state index contributed by atoms with van der Waals surface area (Å²) in [4.78, 5) is 4.53. The molecule has 0 bridgehead atoms. The topological polar surface area (TPSA) is 77.0 Å². The second-order valence-corrected chi connectivity index (χ2v) is 7.24. The number of hydrogen-bond donors (Lipinski definition) is 3. The van der Waals surface area contributed by atoms with Gasteiger partial charge in [-0.2, -0.15) is 0 Å². The largest absolute Gasteiger partial charge is 0.397 e. The van der Waals surface area contributed by atoms with Crippen LogP contribution in [0.3, 0.4) is 0 Å². The van der Waals surface area contributed by atoms with Crippen molar-refractivity contribution >= 4 is 17.2 Å². The summed E-state index contributed by atoms with van der Waals surface area (Å²) in [6.07, 6.45) is 1.01.